The lowest BCUT2D eigenvalue weighted by atomic mass is 9.78. The highest BCUT2D eigenvalue weighted by atomic mass is 19.1. The minimum absolute atomic E-state index is 0.0302. The number of hydrogen-bond acceptors (Lipinski definition) is 16. The van der Waals surface area contributed by atoms with Crippen molar-refractivity contribution in [2.45, 2.75) is 162 Å². The smallest absolute Gasteiger partial charge is 0.312 e. The van der Waals surface area contributed by atoms with E-state index in [4.69, 9.17) is 18.9 Å². The number of Topliss-reactive ketones (excluding diaryl/α,β-unsaturated/α-hetero) is 1. The number of pyridine rings is 2. The first-order valence-corrected chi connectivity index (χ1v) is 29.0. The van der Waals surface area contributed by atoms with E-state index < -0.39 is 94.6 Å². The number of aliphatic hydroxyl groups excluding tert-OH is 2. The second-order valence-electron chi connectivity index (χ2n) is 24.6. The summed E-state index contributed by atoms with van der Waals surface area (Å²) in [7, 11) is 1.44. The molecule has 442 valence electrons. The van der Waals surface area contributed by atoms with Gasteiger partial charge < -0.3 is 64.9 Å². The number of aryl methyl sites for hydroxylation is 2. The maximum Gasteiger partial charge on any atom is 0.312 e. The lowest BCUT2D eigenvalue weighted by molar-refractivity contribution is -0.160. The van der Waals surface area contributed by atoms with Crippen LogP contribution in [-0.2, 0) is 23.8 Å². The number of ketones is 1. The number of piperidine rings is 1. The molecule has 7 aliphatic rings. The third-order valence-electron chi connectivity index (χ3n) is 19.0. The van der Waals surface area contributed by atoms with Crippen molar-refractivity contribution in [1.82, 2.24) is 9.72 Å². The van der Waals surface area contributed by atoms with Crippen molar-refractivity contribution >= 4 is 51.0 Å². The summed E-state index contributed by atoms with van der Waals surface area (Å²) >= 11 is 0. The highest BCUT2D eigenvalue weighted by molar-refractivity contribution is 6.23. The lowest BCUT2D eigenvalue weighted by Gasteiger charge is -2.38. The SMILES string of the molecule is CO[C@H]1/C=C/O[C@@]2(C)Oc3c(C)c(O)c4c(O)c(c(N5CCC(NC6([C@@H]7CCN(c8c(F)cn9c(=O)c(C)cc(C%10CC%10)c9c8C)C7)CC6)CC5)c(O)c4c3C2=O)NC(=O)/C(C)=C\C=C\[C@H](C)[C@H](O)[C@@H](C)[C@@H](O)[C@@H](C)[C@H](OC(C)=O)[C@@H]1C. The first-order chi connectivity index (χ1) is 38.8. The summed E-state index contributed by atoms with van der Waals surface area (Å²) in [5.41, 5.74) is 3.42. The molecule has 82 heavy (non-hydrogen) atoms. The Hall–Kier alpha value is -6.67. The maximum absolute atomic E-state index is 16.3. The fourth-order valence-corrected chi connectivity index (χ4v) is 13.8. The molecule has 4 aromatic rings. The van der Waals surface area contributed by atoms with Gasteiger partial charge in [-0.1, -0.05) is 45.9 Å². The van der Waals surface area contributed by atoms with Crippen LogP contribution < -0.4 is 30.7 Å². The van der Waals surface area contributed by atoms with Crippen LogP contribution in [0.15, 0.2) is 53.2 Å². The number of benzene rings is 2. The number of fused-ring (bicyclic) bond motifs is 15. The van der Waals surface area contributed by atoms with E-state index in [1.54, 1.807) is 53.7 Å². The van der Waals surface area contributed by atoms with Gasteiger partial charge in [0.15, 0.2) is 11.6 Å². The van der Waals surface area contributed by atoms with Crippen LogP contribution >= 0.6 is 0 Å². The number of phenolic OH excluding ortho intramolecular Hbond substituents is 3. The van der Waals surface area contributed by atoms with Crippen molar-refractivity contribution in [3.05, 3.63) is 92.4 Å². The number of methoxy groups -OCH3 is 1. The number of hydrogen-bond donors (Lipinski definition) is 7. The largest absolute Gasteiger partial charge is 0.507 e. The van der Waals surface area contributed by atoms with Gasteiger partial charge in [-0.25, -0.2) is 4.39 Å². The van der Waals surface area contributed by atoms with E-state index in [9.17, 15) is 44.7 Å². The molecule has 0 unspecified atom stereocenters. The third kappa shape index (κ3) is 10.3. The lowest BCUT2D eigenvalue weighted by Crippen LogP contribution is -2.50. The van der Waals surface area contributed by atoms with Crippen molar-refractivity contribution in [2.24, 2.45) is 29.6 Å². The zero-order valence-corrected chi connectivity index (χ0v) is 48.9. The number of anilines is 3. The molecule has 4 fully saturated rings. The number of phenols is 3. The molecule has 5 aliphatic heterocycles. The number of allylic oxidation sites excluding steroid dienone is 2. The van der Waals surface area contributed by atoms with Gasteiger partial charge in [-0.15, -0.1) is 0 Å². The van der Waals surface area contributed by atoms with E-state index in [1.807, 2.05) is 17.9 Å². The van der Waals surface area contributed by atoms with Crippen LogP contribution in [0.2, 0.25) is 0 Å². The Morgan fingerprint density at radius 2 is 1.52 bits per heavy atom. The Balaban J connectivity index is 0.961. The monoisotopic (exact) mass is 1130 g/mol. The van der Waals surface area contributed by atoms with Crippen LogP contribution in [0, 0.1) is 56.2 Å². The van der Waals surface area contributed by atoms with E-state index in [1.165, 1.54) is 56.9 Å². The number of aromatic hydroxyl groups is 3. The van der Waals surface area contributed by atoms with Gasteiger partial charge in [0.05, 0.1) is 52.9 Å². The second-order valence-corrected chi connectivity index (χ2v) is 24.6. The van der Waals surface area contributed by atoms with Crippen LogP contribution in [-0.4, -0.2) is 123 Å². The second kappa shape index (κ2) is 22.2. The van der Waals surface area contributed by atoms with Crippen molar-refractivity contribution in [1.29, 1.82) is 0 Å². The Kier molecular flexibility index (Phi) is 15.8. The summed E-state index contributed by atoms with van der Waals surface area (Å²) < 4.78 is 41.8. The average molecular weight is 1130 g/mol. The molecule has 7 heterocycles. The molecule has 2 saturated heterocycles. The topological polar surface area (TPSA) is 241 Å². The zero-order valence-electron chi connectivity index (χ0n) is 48.9. The van der Waals surface area contributed by atoms with Crippen LogP contribution in [0.25, 0.3) is 16.3 Å². The Labute approximate surface area is 477 Å². The van der Waals surface area contributed by atoms with Crippen LogP contribution in [0.5, 0.6) is 23.0 Å². The molecule has 5 bridgehead atoms. The van der Waals surface area contributed by atoms with Gasteiger partial charge in [0.25, 0.3) is 17.2 Å². The first-order valence-electron chi connectivity index (χ1n) is 29.0. The highest BCUT2D eigenvalue weighted by Crippen LogP contribution is 2.58. The van der Waals surface area contributed by atoms with Crippen LogP contribution in [0.1, 0.15) is 132 Å². The number of aliphatic hydroxyl groups is 2. The number of nitrogens with zero attached hydrogens (tertiary/aromatic N) is 3. The number of carbonyl (C=O) groups excluding carboxylic acids is 3. The summed E-state index contributed by atoms with van der Waals surface area (Å²) in [4.78, 5) is 59.0. The fourth-order valence-electron chi connectivity index (χ4n) is 13.8. The fraction of sp³-hybridized carbons (Fsp3) is 0.556. The van der Waals surface area contributed by atoms with E-state index in [0.717, 1.165) is 48.7 Å². The van der Waals surface area contributed by atoms with Gasteiger partial charge in [0, 0.05) is 104 Å². The van der Waals surface area contributed by atoms with E-state index >= 15 is 4.39 Å². The molecule has 0 radical (unpaired) electrons. The van der Waals surface area contributed by atoms with Gasteiger partial charge >= 0.3 is 11.8 Å². The summed E-state index contributed by atoms with van der Waals surface area (Å²) in [6.07, 6.45) is 11.0. The quantitative estimate of drug-likeness (QED) is 0.0496. The Bertz CT molecular complexity index is 3390. The van der Waals surface area contributed by atoms with Crippen molar-refractivity contribution in [3.63, 3.8) is 0 Å². The molecular weight excluding hydrogens is 1050 g/mol. The van der Waals surface area contributed by atoms with Crippen molar-refractivity contribution in [3.8, 4) is 23.0 Å². The summed E-state index contributed by atoms with van der Waals surface area (Å²) in [6.45, 7) is 18.4. The summed E-state index contributed by atoms with van der Waals surface area (Å²) in [5, 5.41) is 66.8. The molecule has 19 heteroatoms. The minimum Gasteiger partial charge on any atom is -0.507 e. The van der Waals surface area contributed by atoms with Gasteiger partial charge in [-0.2, -0.15) is 0 Å². The molecular formula is C63H80FN5O13. The Morgan fingerprint density at radius 3 is 2.17 bits per heavy atom. The predicted octanol–water partition coefficient (Wildman–Crippen LogP) is 8.62. The van der Waals surface area contributed by atoms with E-state index in [2.05, 4.69) is 15.5 Å². The summed E-state index contributed by atoms with van der Waals surface area (Å²) in [5.74, 6) is -8.13. The van der Waals surface area contributed by atoms with E-state index in [-0.39, 0.29) is 67.7 Å². The van der Waals surface area contributed by atoms with Crippen molar-refractivity contribution < 1.29 is 63.3 Å². The van der Waals surface area contributed by atoms with Crippen molar-refractivity contribution in [2.75, 3.05) is 48.4 Å². The summed E-state index contributed by atoms with van der Waals surface area (Å²) in [6, 6.07) is 2.02. The van der Waals surface area contributed by atoms with Gasteiger partial charge in [0.2, 0.25) is 0 Å². The molecule has 10 atom stereocenters. The van der Waals surface area contributed by atoms with E-state index in [0.29, 0.717) is 56.2 Å². The van der Waals surface area contributed by atoms with Crippen LogP contribution in [0.3, 0.4) is 0 Å². The number of rotatable bonds is 8. The molecule has 7 N–H and O–H groups in total. The zero-order chi connectivity index (χ0) is 59.2. The molecule has 2 aromatic carbocycles. The molecule has 1 amide bonds. The number of ether oxygens (including phenoxy) is 4. The van der Waals surface area contributed by atoms with Crippen LogP contribution in [0.4, 0.5) is 21.5 Å². The molecule has 18 nitrogen and oxygen atoms in total. The molecule has 2 aromatic heterocycles. The number of amides is 1. The normalized spacial score (nSPS) is 30.5. The minimum atomic E-state index is -2.08. The number of carbonyl (C=O) groups is 3. The first kappa shape index (κ1) is 58.5. The molecule has 2 saturated carbocycles. The molecule has 2 aliphatic carbocycles. The van der Waals surface area contributed by atoms with Gasteiger partial charge in [0.1, 0.15) is 34.7 Å². The number of aromatic nitrogens is 1. The maximum atomic E-state index is 16.3. The number of nitrogens with one attached hydrogen (secondary N) is 2. The number of esters is 1. The standard InChI is InChI=1S/C63H80FN5O13/c1-30-13-12-14-31(2)60(77)65-48-51(67-24-18-41(19-25-67)66-63(21-22-63)40-17-23-68(28-40)50-34(5)49-42(39-15-16-39)27-32(3)61(78)69(49)29-43(50)64)56(75)45-46(55(48)74)54(73)37(8)58-47(45)59(76)62(10,82-58)80-26-20-44(79-11)33(4)57(81-38(9)70)36(7)53(72)35(6)52(30)71/h12-14,20,26-27,29-30,33,35-36,39-41,44,52-53,57,66,71-75H,15-19,21-25,28H2,1-11H3,(H,65,77)/b13-12+,26-20+,31-14-/t30-,33+,35+,36+,40+,44-,52-,53+,57+,62-/m0/s1. The van der Waals surface area contributed by atoms with Gasteiger partial charge in [-0.05, 0) is 108 Å². The number of halogens is 1. The average Bonchev–Trinajstić information content (AvgIpc) is 1.83. The Morgan fingerprint density at radius 1 is 0.841 bits per heavy atom. The predicted molar refractivity (Wildman–Crippen MR) is 310 cm³/mol. The third-order valence-corrected chi connectivity index (χ3v) is 19.0. The molecule has 0 spiro atoms. The highest BCUT2D eigenvalue weighted by Gasteiger charge is 2.53. The van der Waals surface area contributed by atoms with Gasteiger partial charge in [-0.3, -0.25) is 23.6 Å². The molecule has 11 rings (SSSR count).